The van der Waals surface area contributed by atoms with Crippen molar-refractivity contribution in [2.45, 2.75) is 58.5 Å². The molecule has 0 spiro atoms. The summed E-state index contributed by atoms with van der Waals surface area (Å²) in [6.45, 7) is 10.4. The van der Waals surface area contributed by atoms with E-state index in [2.05, 4.69) is 23.6 Å². The molecule has 0 radical (unpaired) electrons. The molecule has 4 heteroatoms. The summed E-state index contributed by atoms with van der Waals surface area (Å²) in [4.78, 5) is 15.7. The van der Waals surface area contributed by atoms with Gasteiger partial charge in [-0.15, -0.1) is 0 Å². The average molecular weight is 268 g/mol. The molecule has 1 heterocycles. The van der Waals surface area contributed by atoms with Crippen molar-refractivity contribution in [1.82, 2.24) is 9.80 Å². The monoisotopic (exact) mass is 268 g/mol. The Morgan fingerprint density at radius 3 is 2.37 bits per heavy atom. The highest BCUT2D eigenvalue weighted by Gasteiger charge is 2.38. The first-order valence-electron chi connectivity index (χ1n) is 7.63. The van der Waals surface area contributed by atoms with E-state index in [1.807, 2.05) is 0 Å². The van der Waals surface area contributed by atoms with Gasteiger partial charge in [0.05, 0.1) is 0 Å². The predicted octanol–water partition coefficient (Wildman–Crippen LogP) is 2.05. The molecule has 1 aliphatic heterocycles. The van der Waals surface area contributed by atoms with Gasteiger partial charge in [0.2, 0.25) is 0 Å². The van der Waals surface area contributed by atoms with Crippen LogP contribution in [-0.4, -0.2) is 59.1 Å². The highest BCUT2D eigenvalue weighted by molar-refractivity contribution is 5.72. The standard InChI is InChI=1S/C15H28N2O2/c1-12(14(18)19)16-8-10-17(11-9-16)13-6-4-5-7-15(13,2)3/h12-13H,4-11H2,1-3H3,(H,18,19). The summed E-state index contributed by atoms with van der Waals surface area (Å²) in [6.07, 6.45) is 5.34. The lowest BCUT2D eigenvalue weighted by Gasteiger charge is -2.48. The van der Waals surface area contributed by atoms with Gasteiger partial charge in [-0.3, -0.25) is 14.6 Å². The second-order valence-electron chi connectivity index (χ2n) is 6.84. The van der Waals surface area contributed by atoms with Crippen LogP contribution in [0.3, 0.4) is 0 Å². The number of rotatable bonds is 3. The third-order valence-corrected chi connectivity index (χ3v) is 5.15. The van der Waals surface area contributed by atoms with Gasteiger partial charge >= 0.3 is 5.97 Å². The topological polar surface area (TPSA) is 43.8 Å². The van der Waals surface area contributed by atoms with E-state index in [0.29, 0.717) is 11.5 Å². The fourth-order valence-corrected chi connectivity index (χ4v) is 3.75. The number of hydrogen-bond acceptors (Lipinski definition) is 3. The van der Waals surface area contributed by atoms with E-state index in [9.17, 15) is 4.79 Å². The molecular weight excluding hydrogens is 240 g/mol. The first-order chi connectivity index (χ1) is 8.92. The highest BCUT2D eigenvalue weighted by Crippen LogP contribution is 2.38. The first kappa shape index (κ1) is 14.8. The lowest BCUT2D eigenvalue weighted by atomic mass is 9.72. The van der Waals surface area contributed by atoms with Gasteiger partial charge in [-0.05, 0) is 25.2 Å². The maximum atomic E-state index is 11.0. The third kappa shape index (κ3) is 3.29. The maximum absolute atomic E-state index is 11.0. The van der Waals surface area contributed by atoms with E-state index in [1.54, 1.807) is 6.92 Å². The van der Waals surface area contributed by atoms with Crippen LogP contribution in [-0.2, 0) is 4.79 Å². The molecule has 2 atom stereocenters. The van der Waals surface area contributed by atoms with Gasteiger partial charge in [0, 0.05) is 32.2 Å². The molecule has 2 fully saturated rings. The molecule has 4 nitrogen and oxygen atoms in total. The van der Waals surface area contributed by atoms with E-state index in [4.69, 9.17) is 5.11 Å². The molecule has 1 saturated heterocycles. The Labute approximate surface area is 116 Å². The van der Waals surface area contributed by atoms with Crippen LogP contribution in [0.15, 0.2) is 0 Å². The van der Waals surface area contributed by atoms with Crippen molar-refractivity contribution in [3.8, 4) is 0 Å². The van der Waals surface area contributed by atoms with Gasteiger partial charge in [-0.1, -0.05) is 26.7 Å². The zero-order valence-electron chi connectivity index (χ0n) is 12.6. The van der Waals surface area contributed by atoms with Crippen LogP contribution in [0.25, 0.3) is 0 Å². The van der Waals surface area contributed by atoms with E-state index in [0.717, 1.165) is 26.2 Å². The Kier molecular flexibility index (Phi) is 4.51. The summed E-state index contributed by atoms with van der Waals surface area (Å²) in [5, 5.41) is 9.08. The second kappa shape index (κ2) is 5.80. The molecule has 1 N–H and O–H groups in total. The summed E-state index contributed by atoms with van der Waals surface area (Å²) in [5.74, 6) is -0.702. The Hall–Kier alpha value is -0.610. The van der Waals surface area contributed by atoms with Crippen LogP contribution in [0.4, 0.5) is 0 Å². The lowest BCUT2D eigenvalue weighted by molar-refractivity contribution is -0.143. The molecule has 0 amide bonds. The Morgan fingerprint density at radius 2 is 1.84 bits per heavy atom. The van der Waals surface area contributed by atoms with Crippen molar-refractivity contribution in [3.05, 3.63) is 0 Å². The Morgan fingerprint density at radius 1 is 1.21 bits per heavy atom. The molecule has 0 aromatic carbocycles. The average Bonchev–Trinajstić information content (AvgIpc) is 2.37. The number of carbonyl (C=O) groups is 1. The number of carboxylic acids is 1. The largest absolute Gasteiger partial charge is 0.480 e. The van der Waals surface area contributed by atoms with Crippen molar-refractivity contribution in [2.24, 2.45) is 5.41 Å². The van der Waals surface area contributed by atoms with Gasteiger partial charge in [-0.25, -0.2) is 0 Å². The normalized spacial score (nSPS) is 31.0. The van der Waals surface area contributed by atoms with Crippen molar-refractivity contribution in [3.63, 3.8) is 0 Å². The van der Waals surface area contributed by atoms with Crippen molar-refractivity contribution in [2.75, 3.05) is 26.2 Å². The minimum absolute atomic E-state index is 0.346. The summed E-state index contributed by atoms with van der Waals surface area (Å²) >= 11 is 0. The number of piperazine rings is 1. The summed E-state index contributed by atoms with van der Waals surface area (Å²) < 4.78 is 0. The van der Waals surface area contributed by atoms with Gasteiger partial charge < -0.3 is 5.11 Å². The highest BCUT2D eigenvalue weighted by atomic mass is 16.4. The lowest BCUT2D eigenvalue weighted by Crippen LogP contribution is -2.57. The zero-order chi connectivity index (χ0) is 14.0. The van der Waals surface area contributed by atoms with E-state index in [-0.39, 0.29) is 6.04 Å². The summed E-state index contributed by atoms with van der Waals surface area (Å²) in [6, 6.07) is 0.338. The van der Waals surface area contributed by atoms with E-state index in [1.165, 1.54) is 25.7 Å². The molecule has 2 unspecified atom stereocenters. The molecule has 2 rings (SSSR count). The van der Waals surface area contributed by atoms with Crippen LogP contribution in [0.2, 0.25) is 0 Å². The minimum atomic E-state index is -0.702. The number of carboxylic acid groups (broad SMARTS) is 1. The second-order valence-corrected chi connectivity index (χ2v) is 6.84. The summed E-state index contributed by atoms with van der Waals surface area (Å²) in [5.41, 5.74) is 0.416. The minimum Gasteiger partial charge on any atom is -0.480 e. The maximum Gasteiger partial charge on any atom is 0.320 e. The number of nitrogens with zero attached hydrogens (tertiary/aromatic N) is 2. The molecular formula is C15H28N2O2. The quantitative estimate of drug-likeness (QED) is 0.851. The van der Waals surface area contributed by atoms with Crippen molar-refractivity contribution < 1.29 is 9.90 Å². The molecule has 0 aromatic rings. The van der Waals surface area contributed by atoms with Crippen LogP contribution >= 0.6 is 0 Å². The zero-order valence-corrected chi connectivity index (χ0v) is 12.6. The number of hydrogen-bond donors (Lipinski definition) is 1. The molecule has 110 valence electrons. The van der Waals surface area contributed by atoms with Gasteiger partial charge in [0.15, 0.2) is 0 Å². The molecule has 0 bridgehead atoms. The fourth-order valence-electron chi connectivity index (χ4n) is 3.75. The van der Waals surface area contributed by atoms with Gasteiger partial charge in [-0.2, -0.15) is 0 Å². The van der Waals surface area contributed by atoms with Crippen LogP contribution < -0.4 is 0 Å². The van der Waals surface area contributed by atoms with Crippen LogP contribution in [0.1, 0.15) is 46.5 Å². The summed E-state index contributed by atoms with van der Waals surface area (Å²) in [7, 11) is 0. The molecule has 1 saturated carbocycles. The molecule has 1 aliphatic carbocycles. The molecule has 2 aliphatic rings. The molecule has 19 heavy (non-hydrogen) atoms. The smallest absolute Gasteiger partial charge is 0.320 e. The Balaban J connectivity index is 1.90. The third-order valence-electron chi connectivity index (χ3n) is 5.15. The van der Waals surface area contributed by atoms with Crippen LogP contribution in [0.5, 0.6) is 0 Å². The SMILES string of the molecule is CC(C(=O)O)N1CCN(C2CCCCC2(C)C)CC1. The van der Waals surface area contributed by atoms with Gasteiger partial charge in [0.1, 0.15) is 6.04 Å². The fraction of sp³-hybridized carbons (Fsp3) is 0.933. The van der Waals surface area contributed by atoms with E-state index < -0.39 is 5.97 Å². The Bertz CT molecular complexity index is 322. The van der Waals surface area contributed by atoms with Crippen molar-refractivity contribution >= 4 is 5.97 Å². The number of aliphatic carboxylic acids is 1. The van der Waals surface area contributed by atoms with Crippen LogP contribution in [0, 0.1) is 5.41 Å². The predicted molar refractivity (Wildman–Crippen MR) is 76.3 cm³/mol. The first-order valence-corrected chi connectivity index (χ1v) is 7.63. The van der Waals surface area contributed by atoms with Crippen molar-refractivity contribution in [1.29, 1.82) is 0 Å². The van der Waals surface area contributed by atoms with E-state index >= 15 is 0 Å². The molecule has 0 aromatic heterocycles. The van der Waals surface area contributed by atoms with Gasteiger partial charge in [0.25, 0.3) is 0 Å².